The number of methoxy groups -OCH3 is 2. The van der Waals surface area contributed by atoms with Gasteiger partial charge in [-0.05, 0) is 37.4 Å². The first kappa shape index (κ1) is 16.3. The molecule has 0 aromatic heterocycles. The van der Waals surface area contributed by atoms with Crippen LogP contribution in [0.5, 0.6) is 11.5 Å². The van der Waals surface area contributed by atoms with Crippen LogP contribution in [0.2, 0.25) is 0 Å². The van der Waals surface area contributed by atoms with Crippen molar-refractivity contribution < 1.29 is 14.3 Å². The van der Waals surface area contributed by atoms with E-state index >= 15 is 0 Å². The Morgan fingerprint density at radius 3 is 2.70 bits per heavy atom. The molecule has 1 amide bonds. The van der Waals surface area contributed by atoms with Crippen LogP contribution < -0.4 is 20.5 Å². The molecule has 0 saturated heterocycles. The highest BCUT2D eigenvalue weighted by Crippen LogP contribution is 2.30. The highest BCUT2D eigenvalue weighted by Gasteiger charge is 2.15. The molecule has 1 unspecified atom stereocenters. The van der Waals surface area contributed by atoms with Gasteiger partial charge < -0.3 is 20.5 Å². The van der Waals surface area contributed by atoms with Crippen molar-refractivity contribution in [2.75, 3.05) is 27.3 Å². The van der Waals surface area contributed by atoms with Crippen molar-refractivity contribution in [3.63, 3.8) is 0 Å². The number of rotatable bonds is 8. The second-order valence-electron chi connectivity index (χ2n) is 4.78. The van der Waals surface area contributed by atoms with E-state index in [0.717, 1.165) is 12.8 Å². The number of carbonyl (C=O) groups is 1. The molecule has 1 aromatic rings. The number of para-hydroxylation sites is 1. The van der Waals surface area contributed by atoms with E-state index in [1.54, 1.807) is 25.3 Å². The zero-order valence-corrected chi connectivity index (χ0v) is 12.4. The van der Waals surface area contributed by atoms with Gasteiger partial charge in [-0.1, -0.05) is 13.0 Å². The molecule has 112 valence electrons. The number of ether oxygens (including phenoxy) is 2. The van der Waals surface area contributed by atoms with Gasteiger partial charge in [-0.2, -0.15) is 0 Å². The molecule has 0 fully saturated rings. The second-order valence-corrected chi connectivity index (χ2v) is 4.78. The number of hydrogen-bond acceptors (Lipinski definition) is 4. The molecule has 0 bridgehead atoms. The Kier molecular flexibility index (Phi) is 6.87. The molecule has 0 heterocycles. The summed E-state index contributed by atoms with van der Waals surface area (Å²) in [6.45, 7) is 3.41. The van der Waals surface area contributed by atoms with E-state index in [1.807, 2.05) is 0 Å². The molecule has 0 aliphatic rings. The topological polar surface area (TPSA) is 73.6 Å². The van der Waals surface area contributed by atoms with Gasteiger partial charge >= 0.3 is 0 Å². The van der Waals surface area contributed by atoms with Crippen molar-refractivity contribution in [3.8, 4) is 11.5 Å². The van der Waals surface area contributed by atoms with Crippen molar-refractivity contribution >= 4 is 5.91 Å². The molecule has 0 radical (unpaired) electrons. The van der Waals surface area contributed by atoms with Crippen molar-refractivity contribution in [2.45, 2.75) is 19.8 Å². The Morgan fingerprint density at radius 1 is 1.35 bits per heavy atom. The SMILES string of the molecule is COc1cccc(C(=O)NCCCC(C)CN)c1OC. The average Bonchev–Trinajstić information content (AvgIpc) is 2.49. The fourth-order valence-corrected chi connectivity index (χ4v) is 1.93. The first-order chi connectivity index (χ1) is 9.63. The van der Waals surface area contributed by atoms with Crippen molar-refractivity contribution in [1.29, 1.82) is 0 Å². The van der Waals surface area contributed by atoms with Gasteiger partial charge in [-0.15, -0.1) is 0 Å². The summed E-state index contributed by atoms with van der Waals surface area (Å²) in [7, 11) is 3.07. The molecular weight excluding hydrogens is 256 g/mol. The minimum atomic E-state index is -0.152. The standard InChI is InChI=1S/C15H24N2O3/c1-11(10-16)6-5-9-17-15(18)12-7-4-8-13(19-2)14(12)20-3/h4,7-8,11H,5-6,9-10,16H2,1-3H3,(H,17,18). The van der Waals surface area contributed by atoms with Crippen LogP contribution in [-0.2, 0) is 0 Å². The predicted octanol–water partition coefficient (Wildman–Crippen LogP) is 1.81. The summed E-state index contributed by atoms with van der Waals surface area (Å²) in [4.78, 5) is 12.1. The maximum absolute atomic E-state index is 12.1. The molecule has 0 saturated carbocycles. The summed E-state index contributed by atoms with van der Waals surface area (Å²) >= 11 is 0. The zero-order chi connectivity index (χ0) is 15.0. The van der Waals surface area contributed by atoms with E-state index in [-0.39, 0.29) is 5.91 Å². The van der Waals surface area contributed by atoms with E-state index in [2.05, 4.69) is 12.2 Å². The lowest BCUT2D eigenvalue weighted by atomic mass is 10.1. The molecule has 0 aliphatic heterocycles. The summed E-state index contributed by atoms with van der Waals surface area (Å²) in [5, 5.41) is 2.89. The van der Waals surface area contributed by atoms with Gasteiger partial charge in [0.05, 0.1) is 19.8 Å². The quantitative estimate of drug-likeness (QED) is 0.712. The van der Waals surface area contributed by atoms with Gasteiger partial charge in [0.2, 0.25) is 0 Å². The van der Waals surface area contributed by atoms with Crippen LogP contribution in [0.15, 0.2) is 18.2 Å². The van der Waals surface area contributed by atoms with Gasteiger partial charge in [0, 0.05) is 6.54 Å². The van der Waals surface area contributed by atoms with Crippen LogP contribution in [0.1, 0.15) is 30.1 Å². The molecule has 0 aliphatic carbocycles. The summed E-state index contributed by atoms with van der Waals surface area (Å²) in [5.74, 6) is 1.35. The smallest absolute Gasteiger partial charge is 0.255 e. The summed E-state index contributed by atoms with van der Waals surface area (Å²) in [5.41, 5.74) is 6.04. The first-order valence-electron chi connectivity index (χ1n) is 6.83. The van der Waals surface area contributed by atoms with Gasteiger partial charge in [-0.25, -0.2) is 0 Å². The van der Waals surface area contributed by atoms with Gasteiger partial charge in [0.1, 0.15) is 0 Å². The molecule has 20 heavy (non-hydrogen) atoms. The number of nitrogens with two attached hydrogens (primary N) is 1. The third-order valence-corrected chi connectivity index (χ3v) is 3.21. The van der Waals surface area contributed by atoms with Crippen LogP contribution in [0.4, 0.5) is 0 Å². The van der Waals surface area contributed by atoms with Gasteiger partial charge in [0.25, 0.3) is 5.91 Å². The molecular formula is C15H24N2O3. The van der Waals surface area contributed by atoms with Gasteiger partial charge in [0.15, 0.2) is 11.5 Å². The van der Waals surface area contributed by atoms with E-state index < -0.39 is 0 Å². The fraction of sp³-hybridized carbons (Fsp3) is 0.533. The van der Waals surface area contributed by atoms with E-state index in [0.29, 0.717) is 36.1 Å². The summed E-state index contributed by atoms with van der Waals surface area (Å²) < 4.78 is 10.4. The maximum Gasteiger partial charge on any atom is 0.255 e. The third-order valence-electron chi connectivity index (χ3n) is 3.21. The van der Waals surface area contributed by atoms with Crippen LogP contribution in [0.25, 0.3) is 0 Å². The number of amides is 1. The van der Waals surface area contributed by atoms with E-state index in [4.69, 9.17) is 15.2 Å². The lowest BCUT2D eigenvalue weighted by molar-refractivity contribution is 0.0949. The zero-order valence-electron chi connectivity index (χ0n) is 12.4. The molecule has 0 spiro atoms. The highest BCUT2D eigenvalue weighted by molar-refractivity contribution is 5.97. The fourth-order valence-electron chi connectivity index (χ4n) is 1.93. The monoisotopic (exact) mass is 280 g/mol. The molecule has 1 aromatic carbocycles. The first-order valence-corrected chi connectivity index (χ1v) is 6.83. The predicted molar refractivity (Wildman–Crippen MR) is 79.3 cm³/mol. The summed E-state index contributed by atoms with van der Waals surface area (Å²) in [6, 6.07) is 5.25. The molecule has 1 rings (SSSR count). The van der Waals surface area contributed by atoms with E-state index in [9.17, 15) is 4.79 Å². The number of carbonyl (C=O) groups excluding carboxylic acids is 1. The Morgan fingerprint density at radius 2 is 2.10 bits per heavy atom. The third kappa shape index (κ3) is 4.42. The normalized spacial score (nSPS) is 11.8. The van der Waals surface area contributed by atoms with E-state index in [1.165, 1.54) is 7.11 Å². The average molecular weight is 280 g/mol. The minimum absolute atomic E-state index is 0.152. The van der Waals surface area contributed by atoms with Crippen LogP contribution in [0.3, 0.4) is 0 Å². The number of benzene rings is 1. The van der Waals surface area contributed by atoms with Crippen LogP contribution in [0, 0.1) is 5.92 Å². The number of nitrogens with one attached hydrogen (secondary N) is 1. The lowest BCUT2D eigenvalue weighted by Crippen LogP contribution is -2.25. The van der Waals surface area contributed by atoms with Crippen LogP contribution in [-0.4, -0.2) is 33.2 Å². The number of hydrogen-bond donors (Lipinski definition) is 2. The van der Waals surface area contributed by atoms with Crippen molar-refractivity contribution in [1.82, 2.24) is 5.32 Å². The largest absolute Gasteiger partial charge is 0.493 e. The molecule has 1 atom stereocenters. The van der Waals surface area contributed by atoms with Crippen LogP contribution >= 0.6 is 0 Å². The second kappa shape index (κ2) is 8.43. The Balaban J connectivity index is 2.59. The molecule has 3 N–H and O–H groups in total. The van der Waals surface area contributed by atoms with Crippen molar-refractivity contribution in [3.05, 3.63) is 23.8 Å². The Hall–Kier alpha value is -1.75. The molecule has 5 nitrogen and oxygen atoms in total. The van der Waals surface area contributed by atoms with Crippen molar-refractivity contribution in [2.24, 2.45) is 11.7 Å². The van der Waals surface area contributed by atoms with Gasteiger partial charge in [-0.3, -0.25) is 4.79 Å². The Labute approximate surface area is 120 Å². The minimum Gasteiger partial charge on any atom is -0.493 e. The maximum atomic E-state index is 12.1. The molecule has 5 heteroatoms. The summed E-state index contributed by atoms with van der Waals surface area (Å²) in [6.07, 6.45) is 1.92. The highest BCUT2D eigenvalue weighted by atomic mass is 16.5. The Bertz CT molecular complexity index is 435. The lowest BCUT2D eigenvalue weighted by Gasteiger charge is -2.13.